The normalized spacial score (nSPS) is 15.7. The van der Waals surface area contributed by atoms with Crippen molar-refractivity contribution in [2.75, 3.05) is 13.1 Å². The molecule has 1 aromatic heterocycles. The first kappa shape index (κ1) is 24.2. The molecule has 11 heteroatoms. The molecule has 0 bridgehead atoms. The van der Waals surface area contributed by atoms with Crippen molar-refractivity contribution in [3.63, 3.8) is 0 Å². The lowest BCUT2D eigenvalue weighted by Crippen LogP contribution is -2.36. The molecule has 168 valence electrons. The summed E-state index contributed by atoms with van der Waals surface area (Å²) >= 11 is 12.5. The maximum Gasteiger partial charge on any atom is 0.256 e. The van der Waals surface area contributed by atoms with Crippen LogP contribution in [-0.2, 0) is 23.1 Å². The van der Waals surface area contributed by atoms with Gasteiger partial charge in [0.2, 0.25) is 10.0 Å². The van der Waals surface area contributed by atoms with E-state index in [0.717, 1.165) is 11.3 Å². The van der Waals surface area contributed by atoms with Gasteiger partial charge in [-0.05, 0) is 37.5 Å². The fraction of sp³-hybridized carbons (Fsp3) is 0.400. The van der Waals surface area contributed by atoms with E-state index in [4.69, 9.17) is 28.9 Å². The Hall–Kier alpha value is -1.42. The molecule has 0 unspecified atom stereocenters. The van der Waals surface area contributed by atoms with E-state index in [1.807, 2.05) is 6.92 Å². The van der Waals surface area contributed by atoms with Crippen LogP contribution in [0.3, 0.4) is 0 Å². The van der Waals surface area contributed by atoms with Crippen LogP contribution in [0.5, 0.6) is 0 Å². The molecule has 1 aromatic carbocycles. The molecule has 1 amide bonds. The van der Waals surface area contributed by atoms with Crippen molar-refractivity contribution < 1.29 is 13.2 Å². The van der Waals surface area contributed by atoms with E-state index >= 15 is 0 Å². The molecule has 2 aliphatic rings. The summed E-state index contributed by atoms with van der Waals surface area (Å²) in [6.07, 6.45) is 1.39. The van der Waals surface area contributed by atoms with E-state index in [2.05, 4.69) is 9.71 Å². The number of carbonyl (C=O) groups is 1. The molecule has 1 saturated carbocycles. The van der Waals surface area contributed by atoms with Gasteiger partial charge in [0.05, 0.1) is 23.1 Å². The van der Waals surface area contributed by atoms with Gasteiger partial charge in [-0.25, -0.2) is 13.1 Å². The largest absolute Gasteiger partial charge is 0.331 e. The van der Waals surface area contributed by atoms with Gasteiger partial charge in [0.1, 0.15) is 0 Å². The maximum absolute atomic E-state index is 13.2. The number of sulfonamides is 1. The van der Waals surface area contributed by atoms with Crippen molar-refractivity contribution in [1.29, 1.82) is 0 Å². The SMILES string of the molecule is Cc1nc2c(c(-c3ccc(Cl)cc3Cl)c1CN)C(=O)N(CCNS(=O)(=O)C1CC1)C2.Cl. The Morgan fingerprint density at radius 3 is 2.58 bits per heavy atom. The van der Waals surface area contributed by atoms with Crippen molar-refractivity contribution in [2.24, 2.45) is 5.73 Å². The third-order valence-corrected chi connectivity index (χ3v) is 7.98. The third-order valence-electron chi connectivity index (χ3n) is 5.47. The van der Waals surface area contributed by atoms with E-state index in [0.29, 0.717) is 51.8 Å². The summed E-state index contributed by atoms with van der Waals surface area (Å²) in [6.45, 7) is 2.79. The number of aryl methyl sites for hydroxylation is 1. The molecule has 31 heavy (non-hydrogen) atoms. The van der Waals surface area contributed by atoms with Gasteiger partial charge in [0, 0.05) is 46.5 Å². The Balaban J connectivity index is 0.00000272. The molecule has 2 heterocycles. The first-order chi connectivity index (χ1) is 14.2. The van der Waals surface area contributed by atoms with Crippen molar-refractivity contribution in [1.82, 2.24) is 14.6 Å². The van der Waals surface area contributed by atoms with Crippen LogP contribution in [0.2, 0.25) is 10.0 Å². The van der Waals surface area contributed by atoms with E-state index < -0.39 is 10.0 Å². The fourth-order valence-corrected chi connectivity index (χ4v) is 5.67. The summed E-state index contributed by atoms with van der Waals surface area (Å²) in [4.78, 5) is 19.4. The van der Waals surface area contributed by atoms with Gasteiger partial charge in [0.15, 0.2) is 0 Å². The summed E-state index contributed by atoms with van der Waals surface area (Å²) in [5.74, 6) is -0.209. The number of carbonyl (C=O) groups excluding carboxylic acids is 1. The molecule has 1 aliphatic carbocycles. The average molecular weight is 506 g/mol. The number of amides is 1. The Morgan fingerprint density at radius 1 is 1.26 bits per heavy atom. The number of fused-ring (bicyclic) bond motifs is 1. The quantitative estimate of drug-likeness (QED) is 0.601. The summed E-state index contributed by atoms with van der Waals surface area (Å²) in [7, 11) is -3.29. The molecule has 0 atom stereocenters. The summed E-state index contributed by atoms with van der Waals surface area (Å²) in [5.41, 5.74) is 9.94. The van der Waals surface area contributed by atoms with E-state index in [9.17, 15) is 13.2 Å². The lowest BCUT2D eigenvalue weighted by Gasteiger charge is -2.17. The van der Waals surface area contributed by atoms with Crippen LogP contribution in [0.15, 0.2) is 18.2 Å². The number of benzene rings is 1. The van der Waals surface area contributed by atoms with E-state index in [1.54, 1.807) is 23.1 Å². The highest BCUT2D eigenvalue weighted by molar-refractivity contribution is 7.90. The minimum atomic E-state index is -3.29. The van der Waals surface area contributed by atoms with Crippen molar-refractivity contribution in [3.8, 4) is 11.1 Å². The lowest BCUT2D eigenvalue weighted by molar-refractivity contribution is 0.0782. The minimum absolute atomic E-state index is 0. The van der Waals surface area contributed by atoms with Crippen LogP contribution >= 0.6 is 35.6 Å². The number of nitrogens with zero attached hydrogens (tertiary/aromatic N) is 2. The van der Waals surface area contributed by atoms with Gasteiger partial charge in [0.25, 0.3) is 5.91 Å². The van der Waals surface area contributed by atoms with Crippen molar-refractivity contribution in [3.05, 3.63) is 50.8 Å². The maximum atomic E-state index is 13.2. The second-order valence-electron chi connectivity index (χ2n) is 7.57. The monoisotopic (exact) mass is 504 g/mol. The van der Waals surface area contributed by atoms with Crippen LogP contribution in [-0.4, -0.2) is 42.5 Å². The topological polar surface area (TPSA) is 105 Å². The third kappa shape index (κ3) is 4.69. The van der Waals surface area contributed by atoms with Crippen LogP contribution in [0.4, 0.5) is 0 Å². The molecule has 0 radical (unpaired) electrons. The number of hydrogen-bond acceptors (Lipinski definition) is 5. The van der Waals surface area contributed by atoms with Gasteiger partial charge in [-0.1, -0.05) is 29.3 Å². The molecular weight excluding hydrogens is 483 g/mol. The predicted octanol–water partition coefficient (Wildman–Crippen LogP) is 3.28. The van der Waals surface area contributed by atoms with Gasteiger partial charge in [-0.15, -0.1) is 12.4 Å². The Morgan fingerprint density at radius 2 is 1.97 bits per heavy atom. The molecule has 7 nitrogen and oxygen atoms in total. The highest BCUT2D eigenvalue weighted by atomic mass is 35.5. The van der Waals surface area contributed by atoms with Gasteiger partial charge in [-0.2, -0.15) is 0 Å². The highest BCUT2D eigenvalue weighted by Gasteiger charge is 2.37. The summed E-state index contributed by atoms with van der Waals surface area (Å²) in [6, 6.07) is 5.12. The Labute approximate surface area is 197 Å². The molecule has 2 aromatic rings. The predicted molar refractivity (Wildman–Crippen MR) is 124 cm³/mol. The Bertz CT molecular complexity index is 1140. The number of nitrogens with two attached hydrogens (primary N) is 1. The van der Waals surface area contributed by atoms with Gasteiger partial charge in [-0.3, -0.25) is 9.78 Å². The van der Waals surface area contributed by atoms with Gasteiger partial charge < -0.3 is 10.6 Å². The van der Waals surface area contributed by atoms with Crippen molar-refractivity contribution in [2.45, 2.75) is 38.1 Å². The van der Waals surface area contributed by atoms with Crippen LogP contribution < -0.4 is 10.5 Å². The molecule has 0 saturated heterocycles. The molecular formula is C20H23Cl3N4O3S. The number of halogens is 3. The zero-order chi connectivity index (χ0) is 21.6. The number of pyridine rings is 1. The zero-order valence-corrected chi connectivity index (χ0v) is 20.0. The zero-order valence-electron chi connectivity index (χ0n) is 16.8. The minimum Gasteiger partial charge on any atom is -0.331 e. The first-order valence-corrected chi connectivity index (χ1v) is 12.0. The molecule has 3 N–H and O–H groups in total. The molecule has 1 aliphatic heterocycles. The molecule has 0 spiro atoms. The molecule has 1 fully saturated rings. The highest BCUT2D eigenvalue weighted by Crippen LogP contribution is 2.39. The second-order valence-corrected chi connectivity index (χ2v) is 10.5. The smallest absolute Gasteiger partial charge is 0.256 e. The van der Waals surface area contributed by atoms with E-state index in [1.165, 1.54) is 0 Å². The van der Waals surface area contributed by atoms with Crippen LogP contribution in [0.1, 0.15) is 40.2 Å². The average Bonchev–Trinajstić information content (AvgIpc) is 3.48. The summed E-state index contributed by atoms with van der Waals surface area (Å²) in [5, 5.41) is 0.629. The van der Waals surface area contributed by atoms with E-state index in [-0.39, 0.29) is 43.2 Å². The van der Waals surface area contributed by atoms with Gasteiger partial charge >= 0.3 is 0 Å². The number of hydrogen-bond donors (Lipinski definition) is 2. The van der Waals surface area contributed by atoms with Crippen molar-refractivity contribution >= 4 is 51.5 Å². The first-order valence-electron chi connectivity index (χ1n) is 9.68. The Kier molecular flexibility index (Phi) is 7.20. The lowest BCUT2D eigenvalue weighted by atomic mass is 9.93. The number of rotatable bonds is 7. The summed E-state index contributed by atoms with van der Waals surface area (Å²) < 4.78 is 26.7. The fourth-order valence-electron chi connectivity index (χ4n) is 3.80. The number of nitrogens with one attached hydrogen (secondary N) is 1. The van der Waals surface area contributed by atoms with Crippen LogP contribution in [0, 0.1) is 6.92 Å². The van der Waals surface area contributed by atoms with Crippen LogP contribution in [0.25, 0.3) is 11.1 Å². The molecule has 4 rings (SSSR count). The second kappa shape index (κ2) is 9.21. The standard InChI is InChI=1S/C20H22Cl2N4O3S.ClH/c1-11-15(9-23)18(14-5-2-12(21)8-16(14)22)19-17(25-11)10-26(20(19)27)7-6-24-30(28,29)13-3-4-13;/h2,5,8,13,24H,3-4,6-7,9-10,23H2,1H3;1H. The number of aromatic nitrogens is 1.